The van der Waals surface area contributed by atoms with Crippen molar-refractivity contribution in [3.63, 3.8) is 0 Å². The summed E-state index contributed by atoms with van der Waals surface area (Å²) in [5.41, 5.74) is 0.637. The highest BCUT2D eigenvalue weighted by Crippen LogP contribution is 2.50. The number of halogens is 3. The average Bonchev–Trinajstić information content (AvgIpc) is 2.89. The van der Waals surface area contributed by atoms with Crippen molar-refractivity contribution in [3.8, 4) is 5.75 Å². The van der Waals surface area contributed by atoms with E-state index in [1.54, 1.807) is 29.6 Å². The normalized spacial score (nSPS) is 23.5. The molecule has 3 aliphatic rings. The van der Waals surface area contributed by atoms with Gasteiger partial charge < -0.3 is 19.2 Å². The van der Waals surface area contributed by atoms with Gasteiger partial charge >= 0.3 is 0 Å². The monoisotopic (exact) mass is 526 g/mol. The highest BCUT2D eigenvalue weighted by atomic mass is 32.2. The van der Waals surface area contributed by atoms with Gasteiger partial charge in [-0.3, -0.25) is 0 Å². The second-order valence-corrected chi connectivity index (χ2v) is 12.2. The topological polar surface area (TPSA) is 59.1 Å². The number of carbonyl (C=O) groups is 1. The molecule has 11 heteroatoms. The van der Waals surface area contributed by atoms with Gasteiger partial charge in [0, 0.05) is 50.0 Å². The molecular formula is C24H25F3N2O4S2. The maximum absolute atomic E-state index is 13.6. The van der Waals surface area contributed by atoms with Crippen LogP contribution in [0.25, 0.3) is 0 Å². The van der Waals surface area contributed by atoms with Crippen LogP contribution in [0.2, 0.25) is 0 Å². The molecule has 35 heavy (non-hydrogen) atoms. The molecule has 1 atom stereocenters. The quantitative estimate of drug-likeness (QED) is 0.498. The van der Waals surface area contributed by atoms with Gasteiger partial charge in [-0.2, -0.15) is 0 Å². The van der Waals surface area contributed by atoms with Crippen molar-refractivity contribution in [2.45, 2.75) is 33.8 Å². The molecule has 1 saturated carbocycles. The summed E-state index contributed by atoms with van der Waals surface area (Å²) in [6, 6.07) is 9.54. The number of alkyl halides is 2. The number of aldehydes is 1. The highest BCUT2D eigenvalue weighted by Gasteiger charge is 2.46. The molecule has 0 amide bonds. The van der Waals surface area contributed by atoms with Crippen LogP contribution in [-0.4, -0.2) is 65.9 Å². The maximum atomic E-state index is 13.6. The number of fused-ring (bicyclic) bond motifs is 1. The van der Waals surface area contributed by atoms with Crippen LogP contribution in [0, 0.1) is 11.2 Å². The van der Waals surface area contributed by atoms with Gasteiger partial charge in [0.15, 0.2) is 0 Å². The molecule has 1 unspecified atom stereocenters. The Morgan fingerprint density at radius 2 is 1.91 bits per heavy atom. The largest absolute Gasteiger partial charge is 0.491 e. The fourth-order valence-corrected chi connectivity index (χ4v) is 6.79. The Morgan fingerprint density at radius 1 is 1.20 bits per heavy atom. The van der Waals surface area contributed by atoms with Gasteiger partial charge in [-0.05, 0) is 30.3 Å². The van der Waals surface area contributed by atoms with Crippen LogP contribution in [0.5, 0.6) is 5.75 Å². The van der Waals surface area contributed by atoms with Gasteiger partial charge in [-0.1, -0.05) is 0 Å². The van der Waals surface area contributed by atoms with Crippen molar-refractivity contribution in [2.24, 2.45) is 5.41 Å². The number of anilines is 2. The van der Waals surface area contributed by atoms with Crippen molar-refractivity contribution in [2.75, 3.05) is 44.9 Å². The van der Waals surface area contributed by atoms with Crippen molar-refractivity contribution < 1.29 is 31.6 Å². The Hall–Kier alpha value is -2.08. The Kier molecular flexibility index (Phi) is 6.62. The first kappa shape index (κ1) is 24.6. The van der Waals surface area contributed by atoms with Gasteiger partial charge in [-0.25, -0.2) is 21.7 Å². The smallest absolute Gasteiger partial charge is 0.250 e. The summed E-state index contributed by atoms with van der Waals surface area (Å²) in [7, 11) is 0.243. The van der Waals surface area contributed by atoms with E-state index < -0.39 is 22.3 Å². The summed E-state index contributed by atoms with van der Waals surface area (Å²) in [4.78, 5) is 14.7. The lowest BCUT2D eigenvalue weighted by Crippen LogP contribution is -2.48. The molecule has 2 heterocycles. The number of benzene rings is 2. The molecule has 2 aliphatic heterocycles. The van der Waals surface area contributed by atoms with Crippen molar-refractivity contribution in [1.29, 1.82) is 0 Å². The molecule has 2 fully saturated rings. The van der Waals surface area contributed by atoms with Crippen LogP contribution in [0.1, 0.15) is 12.8 Å². The van der Waals surface area contributed by atoms with Crippen LogP contribution in [-0.2, 0) is 20.5 Å². The average molecular weight is 527 g/mol. The standard InChI is InChI=1S/C24H25F3N2O4S2/c1-28-6-7-29(17-4-2-16(25)3-5-17)19-8-21(34-18-10-24(26,27)11-18)20(9-22(19)35(28)31)33-15-23(12-30)13-32-14-23/h2-5,8-9,12,18H,6-7,10-11,13-15H2,1H3. The van der Waals surface area contributed by atoms with E-state index in [9.17, 15) is 22.2 Å². The zero-order valence-electron chi connectivity index (χ0n) is 19.0. The zero-order chi connectivity index (χ0) is 24.8. The van der Waals surface area contributed by atoms with Gasteiger partial charge in [0.05, 0.1) is 28.7 Å². The molecule has 0 radical (unpaired) electrons. The number of nitrogens with zero attached hydrogens (tertiary/aromatic N) is 2. The van der Waals surface area contributed by atoms with Gasteiger partial charge in [0.1, 0.15) is 40.9 Å². The highest BCUT2D eigenvalue weighted by molar-refractivity contribution is 8.00. The van der Waals surface area contributed by atoms with E-state index >= 15 is 0 Å². The molecule has 2 aromatic carbocycles. The molecule has 5 rings (SSSR count). The maximum Gasteiger partial charge on any atom is 0.250 e. The van der Waals surface area contributed by atoms with E-state index in [0.717, 1.165) is 12.0 Å². The molecule has 0 bridgehead atoms. The Labute approximate surface area is 208 Å². The summed E-state index contributed by atoms with van der Waals surface area (Å²) < 4.78 is 67.0. The number of thioether (sulfide) groups is 1. The second-order valence-electron chi connectivity index (χ2n) is 9.26. The van der Waals surface area contributed by atoms with Crippen molar-refractivity contribution in [3.05, 3.63) is 42.2 Å². The Morgan fingerprint density at radius 3 is 2.51 bits per heavy atom. The number of ether oxygens (including phenoxy) is 2. The predicted molar refractivity (Wildman–Crippen MR) is 128 cm³/mol. The third kappa shape index (κ3) is 4.96. The lowest BCUT2D eigenvalue weighted by Gasteiger charge is -2.37. The van der Waals surface area contributed by atoms with E-state index in [0.29, 0.717) is 34.3 Å². The van der Waals surface area contributed by atoms with Gasteiger partial charge in [0.2, 0.25) is 5.92 Å². The summed E-state index contributed by atoms with van der Waals surface area (Å²) in [6.07, 6.45) is 0.370. The van der Waals surface area contributed by atoms with E-state index in [1.165, 1.54) is 23.9 Å². The zero-order valence-corrected chi connectivity index (χ0v) is 20.7. The van der Waals surface area contributed by atoms with Crippen molar-refractivity contribution >= 4 is 40.4 Å². The SMILES string of the molecule is CN1CCN(c2ccc(F)cc2)c2cc(SC3CC(F)(F)C3)c(OCC3(C=O)COC3)cc2S1=O. The minimum Gasteiger partial charge on any atom is -0.491 e. The first-order valence-electron chi connectivity index (χ1n) is 11.2. The molecule has 0 N–H and O–H groups in total. The third-order valence-corrected chi connectivity index (χ3v) is 9.15. The van der Waals surface area contributed by atoms with Gasteiger partial charge in [-0.15, -0.1) is 11.8 Å². The molecule has 188 valence electrons. The molecule has 0 spiro atoms. The van der Waals surface area contributed by atoms with Crippen LogP contribution < -0.4 is 9.64 Å². The summed E-state index contributed by atoms with van der Waals surface area (Å²) in [5.74, 6) is -2.63. The van der Waals surface area contributed by atoms with E-state index in [2.05, 4.69) is 0 Å². The minimum atomic E-state index is -2.67. The first-order chi connectivity index (χ1) is 16.7. The number of carbonyl (C=O) groups excluding carboxylic acids is 1. The van der Waals surface area contributed by atoms with E-state index in [4.69, 9.17) is 9.47 Å². The molecule has 1 aliphatic carbocycles. The second kappa shape index (κ2) is 9.42. The lowest BCUT2D eigenvalue weighted by atomic mass is 9.89. The fraction of sp³-hybridized carbons (Fsp3) is 0.458. The fourth-order valence-electron chi connectivity index (χ4n) is 4.23. The van der Waals surface area contributed by atoms with Crippen molar-refractivity contribution in [1.82, 2.24) is 4.31 Å². The molecule has 0 aromatic heterocycles. The molecule has 2 aromatic rings. The van der Waals surface area contributed by atoms with Crippen LogP contribution in [0.15, 0.2) is 46.2 Å². The van der Waals surface area contributed by atoms with E-state index in [-0.39, 0.29) is 43.7 Å². The Balaban J connectivity index is 1.54. The minimum absolute atomic E-state index is 0.0772. The number of likely N-dealkylation sites (N-methyl/N-ethyl adjacent to an activating group) is 1. The third-order valence-electron chi connectivity index (χ3n) is 6.45. The number of hydrogen-bond acceptors (Lipinski definition) is 6. The number of rotatable bonds is 7. The van der Waals surface area contributed by atoms with Crippen LogP contribution in [0.3, 0.4) is 0 Å². The van der Waals surface area contributed by atoms with Crippen LogP contribution >= 0.6 is 11.8 Å². The van der Waals surface area contributed by atoms with Gasteiger partial charge in [0.25, 0.3) is 0 Å². The summed E-state index contributed by atoms with van der Waals surface area (Å²) in [5, 5.41) is -0.282. The predicted octanol–water partition coefficient (Wildman–Crippen LogP) is 4.42. The first-order valence-corrected chi connectivity index (χ1v) is 13.2. The van der Waals surface area contributed by atoms with Crippen LogP contribution in [0.4, 0.5) is 24.5 Å². The Bertz CT molecular complexity index is 1140. The number of hydrogen-bond donors (Lipinski definition) is 0. The summed E-state index contributed by atoms with van der Waals surface area (Å²) >= 11 is 1.30. The van der Waals surface area contributed by atoms with E-state index in [1.807, 2.05) is 11.0 Å². The molecular weight excluding hydrogens is 501 g/mol. The summed E-state index contributed by atoms with van der Waals surface area (Å²) in [6.45, 7) is 1.57. The lowest BCUT2D eigenvalue weighted by molar-refractivity contribution is -0.153. The molecule has 1 saturated heterocycles. The molecule has 6 nitrogen and oxygen atoms in total.